The Balaban J connectivity index is 0. The summed E-state index contributed by atoms with van der Waals surface area (Å²) in [5, 5.41) is 28.2. The van der Waals surface area contributed by atoms with Gasteiger partial charge in [-0.05, 0) is 0 Å². The molecule has 0 saturated heterocycles. The van der Waals surface area contributed by atoms with Crippen LogP contribution in [0, 0.1) is 10.1 Å². The number of carboxylic acids is 2. The van der Waals surface area contributed by atoms with Gasteiger partial charge in [-0.1, -0.05) is 0 Å². The van der Waals surface area contributed by atoms with Gasteiger partial charge in [-0.2, -0.15) is 0 Å². The summed E-state index contributed by atoms with van der Waals surface area (Å²) < 4.78 is 1.87. The molecule has 0 aromatic heterocycles. The third-order valence-electron chi connectivity index (χ3n) is 1.80. The van der Waals surface area contributed by atoms with E-state index in [2.05, 4.69) is 5.32 Å². The molecule has 1 aromatic carbocycles. The van der Waals surface area contributed by atoms with E-state index in [1.54, 1.807) is 12.1 Å². The van der Waals surface area contributed by atoms with Crippen molar-refractivity contribution in [3.8, 4) is 0 Å². The van der Waals surface area contributed by atoms with Gasteiger partial charge in [-0.3, -0.25) is 9.59 Å². The van der Waals surface area contributed by atoms with Crippen molar-refractivity contribution < 1.29 is 81.8 Å². The summed E-state index contributed by atoms with van der Waals surface area (Å²) >= 11 is 0.514. The van der Waals surface area contributed by atoms with Gasteiger partial charge >= 0.3 is 120 Å². The zero-order valence-corrected chi connectivity index (χ0v) is 23.9. The van der Waals surface area contributed by atoms with Crippen molar-refractivity contribution in [2.24, 2.45) is 0 Å². The Morgan fingerprint density at radius 1 is 1.04 bits per heavy atom. The van der Waals surface area contributed by atoms with Crippen molar-refractivity contribution in [2.45, 2.75) is 20.8 Å². The molecule has 0 unspecified atom stereocenters. The third kappa shape index (κ3) is 14.2. The van der Waals surface area contributed by atoms with E-state index in [-0.39, 0.29) is 68.8 Å². The number of amides is 1. The SMILES string of the molecule is CC(=O)Nc1[c]([Hg])cc([N+](=O)[O-])c[c]1[Hg].CC(=O)O.CC(=O)O. The van der Waals surface area contributed by atoms with Gasteiger partial charge in [0.2, 0.25) is 0 Å². The predicted octanol–water partition coefficient (Wildman–Crippen LogP) is 0.0792. The molecule has 0 aliphatic carbocycles. The van der Waals surface area contributed by atoms with Gasteiger partial charge < -0.3 is 10.2 Å². The summed E-state index contributed by atoms with van der Waals surface area (Å²) in [7, 11) is 0. The molecule has 0 spiro atoms. The first-order valence-corrected chi connectivity index (χ1v) is 11.5. The number of carbonyl (C=O) groups excluding carboxylic acids is 1. The molecule has 0 radical (unpaired) electrons. The molecule has 11 heteroatoms. The van der Waals surface area contributed by atoms with E-state index in [4.69, 9.17) is 19.8 Å². The molecule has 3 N–H and O–H groups in total. The molecule has 0 fully saturated rings. The second kappa shape index (κ2) is 12.3. The van der Waals surface area contributed by atoms with Crippen LogP contribution in [0.5, 0.6) is 0 Å². The average Bonchev–Trinajstić information content (AvgIpc) is 2.31. The van der Waals surface area contributed by atoms with Crippen LogP contribution in [0.1, 0.15) is 20.8 Å². The fourth-order valence-corrected chi connectivity index (χ4v) is 9.05. The van der Waals surface area contributed by atoms with E-state index in [9.17, 15) is 14.9 Å². The molecule has 0 atom stereocenters. The zero-order valence-electron chi connectivity index (χ0n) is 13.0. The van der Waals surface area contributed by atoms with Gasteiger partial charge in [-0.25, -0.2) is 0 Å². The molecule has 1 amide bonds. The number of benzene rings is 1. The van der Waals surface area contributed by atoms with Gasteiger partial charge in [0.1, 0.15) is 0 Å². The third-order valence-corrected chi connectivity index (χ3v) is 6.13. The Hall–Kier alpha value is -1.10. The number of nitro benzene ring substituents is 1. The van der Waals surface area contributed by atoms with Gasteiger partial charge in [0.25, 0.3) is 11.9 Å². The number of carboxylic acid groups (broad SMARTS) is 2. The molecule has 0 heterocycles. The number of non-ortho nitro benzene ring substituents is 1. The Kier molecular flexibility index (Phi) is 13.0. The van der Waals surface area contributed by atoms with Crippen LogP contribution < -0.4 is 11.5 Å². The monoisotopic (exact) mass is 702 g/mol. The van der Waals surface area contributed by atoms with Crippen LogP contribution in [0.15, 0.2) is 12.1 Å². The minimum Gasteiger partial charge on any atom is -0.481 e. The molecule has 118 valence electrons. The first-order chi connectivity index (χ1) is 10.4. The molecule has 1 aromatic rings. The van der Waals surface area contributed by atoms with Crippen molar-refractivity contribution in [3.63, 3.8) is 0 Å². The number of hydrogen-bond acceptors (Lipinski definition) is 5. The molecule has 0 aliphatic rings. The topological polar surface area (TPSA) is 147 Å². The minimum absolute atomic E-state index is 0.123. The van der Waals surface area contributed by atoms with Crippen LogP contribution in [0.4, 0.5) is 11.4 Å². The number of aliphatic carboxylic acids is 2. The second-order valence-corrected chi connectivity index (χ2v) is 10.0. The van der Waals surface area contributed by atoms with Crippen LogP contribution >= 0.6 is 0 Å². The molecule has 0 aliphatic heterocycles. The van der Waals surface area contributed by atoms with Crippen LogP contribution in [0.3, 0.4) is 0 Å². The van der Waals surface area contributed by atoms with E-state index in [0.29, 0.717) is 0 Å². The molecular weight excluding hydrogens is 685 g/mol. The minimum atomic E-state index is -0.833. The van der Waals surface area contributed by atoms with Gasteiger partial charge in [0.15, 0.2) is 0 Å². The van der Waals surface area contributed by atoms with E-state index in [1.807, 2.05) is 0 Å². The standard InChI is InChI=1S/C8H6N2O3.2C2H4O2.2Hg/c1-6(11)9-7-2-4-8(5-3-7)10(12)13;2*1-2(3)4;;/h4-5H,1H3,(H,9,11);2*1H3,(H,3,4);;. The average molecular weight is 699 g/mol. The largest absolute Gasteiger partial charge is 0.481 e. The number of rotatable bonds is 2. The maximum atomic E-state index is 10.9. The number of nitrogens with one attached hydrogen (secondary N) is 1. The molecule has 9 nitrogen and oxygen atoms in total. The van der Waals surface area contributed by atoms with Gasteiger partial charge in [0.05, 0.1) is 0 Å². The number of nitro groups is 1. The van der Waals surface area contributed by atoms with Crippen LogP contribution in [0.25, 0.3) is 0 Å². The predicted molar refractivity (Wildman–Crippen MR) is 73.3 cm³/mol. The van der Waals surface area contributed by atoms with Crippen LogP contribution in [-0.4, -0.2) is 33.0 Å². The van der Waals surface area contributed by atoms with Crippen molar-refractivity contribution >= 4 is 35.4 Å². The van der Waals surface area contributed by atoms with Crippen molar-refractivity contribution in [1.82, 2.24) is 0 Å². The van der Waals surface area contributed by atoms with Crippen molar-refractivity contribution in [1.29, 1.82) is 0 Å². The van der Waals surface area contributed by atoms with E-state index < -0.39 is 11.9 Å². The van der Waals surface area contributed by atoms with Crippen LogP contribution in [0.2, 0.25) is 0 Å². The maximum Gasteiger partial charge on any atom is 0.300 e. The zero-order chi connectivity index (χ0) is 18.7. The Labute approximate surface area is 164 Å². The number of hydrogen-bond donors (Lipinski definition) is 3. The molecule has 0 saturated carbocycles. The number of nitrogens with zero attached hydrogens (tertiary/aromatic N) is 1. The summed E-state index contributed by atoms with van der Waals surface area (Å²) in [5.41, 5.74) is 0.957. The number of carbonyl (C=O) groups is 3. The summed E-state index contributed by atoms with van der Waals surface area (Å²) in [6.07, 6.45) is 0. The molecule has 0 bridgehead atoms. The summed E-state index contributed by atoms with van der Waals surface area (Å²) in [6, 6.07) is 3.12. The fourth-order valence-electron chi connectivity index (χ4n) is 1.19. The first kappa shape index (κ1) is 24.2. The first-order valence-electron chi connectivity index (χ1n) is 6.01. The van der Waals surface area contributed by atoms with Gasteiger partial charge in [0, 0.05) is 13.8 Å². The normalized spacial score (nSPS) is 8.65. The maximum absolute atomic E-state index is 10.9. The number of anilines is 1. The Morgan fingerprint density at radius 3 is 1.57 bits per heavy atom. The van der Waals surface area contributed by atoms with Crippen LogP contribution in [-0.2, 0) is 66.6 Å². The van der Waals surface area contributed by atoms with Gasteiger partial charge in [-0.15, -0.1) is 0 Å². The summed E-state index contributed by atoms with van der Waals surface area (Å²) in [5.74, 6) is -1.79. The summed E-state index contributed by atoms with van der Waals surface area (Å²) in [4.78, 5) is 39.2. The van der Waals surface area contributed by atoms with E-state index in [0.717, 1.165) is 25.7 Å². The fraction of sp³-hybridized carbons (Fsp3) is 0.250. The van der Waals surface area contributed by atoms with Crippen molar-refractivity contribution in [2.75, 3.05) is 5.32 Å². The Morgan fingerprint density at radius 2 is 1.35 bits per heavy atom. The molecule has 23 heavy (non-hydrogen) atoms. The second-order valence-electron chi connectivity index (χ2n) is 4.12. The summed E-state index contributed by atoms with van der Waals surface area (Å²) in [6.45, 7) is 3.61. The molecular formula is C12H14Hg2N2O7. The van der Waals surface area contributed by atoms with E-state index >= 15 is 0 Å². The quantitative estimate of drug-likeness (QED) is 0.225. The smallest absolute Gasteiger partial charge is 0.300 e. The molecule has 1 rings (SSSR count). The van der Waals surface area contributed by atoms with Crippen molar-refractivity contribution in [3.05, 3.63) is 22.2 Å². The Bertz CT molecular complexity index is 562. The van der Waals surface area contributed by atoms with E-state index in [1.165, 1.54) is 6.92 Å².